The average molecular weight is 429 g/mol. The molecule has 3 heterocycles. The second-order valence-corrected chi connectivity index (χ2v) is 9.30. The number of hydrogen-bond acceptors (Lipinski definition) is 5. The van der Waals surface area contributed by atoms with Gasteiger partial charge in [0.15, 0.2) is 5.96 Å². The first-order chi connectivity index (χ1) is 14.5. The van der Waals surface area contributed by atoms with Gasteiger partial charge in [-0.1, -0.05) is 32.9 Å². The molecule has 0 amide bonds. The molecular formula is C23H36N6S. The summed E-state index contributed by atoms with van der Waals surface area (Å²) < 4.78 is 0. The Kier molecular flexibility index (Phi) is 8.10. The molecule has 0 unspecified atom stereocenters. The largest absolute Gasteiger partial charge is 0.357 e. The molecule has 0 spiro atoms. The van der Waals surface area contributed by atoms with E-state index in [1.54, 1.807) is 11.3 Å². The number of pyridine rings is 1. The first-order valence-corrected chi connectivity index (χ1v) is 11.9. The van der Waals surface area contributed by atoms with Crippen LogP contribution in [0.4, 0.5) is 5.82 Å². The number of nitrogens with zero attached hydrogens (tertiary/aromatic N) is 4. The van der Waals surface area contributed by atoms with Crippen molar-refractivity contribution in [3.05, 3.63) is 46.3 Å². The molecule has 1 aliphatic heterocycles. The van der Waals surface area contributed by atoms with E-state index in [1.165, 1.54) is 4.88 Å². The monoisotopic (exact) mass is 428 g/mol. The Bertz CT molecular complexity index is 777. The third kappa shape index (κ3) is 6.19. The van der Waals surface area contributed by atoms with Crippen LogP contribution in [0, 0.1) is 0 Å². The van der Waals surface area contributed by atoms with Crippen LogP contribution in [0.15, 0.2) is 40.8 Å². The lowest BCUT2D eigenvalue weighted by molar-refractivity contribution is 0.270. The van der Waals surface area contributed by atoms with Crippen LogP contribution in [0.3, 0.4) is 0 Å². The minimum absolute atomic E-state index is 0.0648. The summed E-state index contributed by atoms with van der Waals surface area (Å²) in [5, 5.41) is 8.99. The predicted octanol–water partition coefficient (Wildman–Crippen LogP) is 3.32. The van der Waals surface area contributed by atoms with Gasteiger partial charge in [-0.05, 0) is 36.5 Å². The molecule has 2 N–H and O–H groups in total. The molecule has 0 aliphatic carbocycles. The number of aliphatic imine (C=N–C) groups is 1. The number of piperazine rings is 1. The van der Waals surface area contributed by atoms with E-state index < -0.39 is 0 Å². The van der Waals surface area contributed by atoms with E-state index in [0.29, 0.717) is 6.54 Å². The van der Waals surface area contributed by atoms with Crippen molar-refractivity contribution in [2.24, 2.45) is 4.99 Å². The summed E-state index contributed by atoms with van der Waals surface area (Å²) in [4.78, 5) is 15.7. The zero-order chi connectivity index (χ0) is 21.4. The first kappa shape index (κ1) is 22.6. The topological polar surface area (TPSA) is 55.8 Å². The smallest absolute Gasteiger partial charge is 0.191 e. The summed E-state index contributed by atoms with van der Waals surface area (Å²) in [6.07, 6.45) is 1.96. The molecule has 1 fully saturated rings. The van der Waals surface area contributed by atoms with Crippen molar-refractivity contribution in [3.8, 4) is 0 Å². The van der Waals surface area contributed by atoms with Gasteiger partial charge in [-0.25, -0.2) is 9.98 Å². The third-order valence-electron chi connectivity index (χ3n) is 5.60. The molecule has 0 saturated carbocycles. The fraction of sp³-hybridized carbons (Fsp3) is 0.565. The summed E-state index contributed by atoms with van der Waals surface area (Å²) in [5.74, 6) is 1.92. The van der Waals surface area contributed by atoms with Crippen molar-refractivity contribution in [3.63, 3.8) is 0 Å². The van der Waals surface area contributed by atoms with Crippen molar-refractivity contribution in [2.75, 3.05) is 50.7 Å². The van der Waals surface area contributed by atoms with Crippen molar-refractivity contribution in [1.29, 1.82) is 0 Å². The van der Waals surface area contributed by atoms with Crippen molar-refractivity contribution in [1.82, 2.24) is 20.5 Å². The van der Waals surface area contributed by atoms with Gasteiger partial charge in [0.2, 0.25) is 0 Å². The molecule has 0 atom stereocenters. The van der Waals surface area contributed by atoms with Crippen LogP contribution in [0.5, 0.6) is 0 Å². The number of thiophene rings is 1. The second kappa shape index (κ2) is 10.8. The van der Waals surface area contributed by atoms with E-state index in [0.717, 1.165) is 63.2 Å². The summed E-state index contributed by atoms with van der Waals surface area (Å²) >= 11 is 1.80. The SMILES string of the molecule is CCNC(=NCc1ccc(N2CCN(CC)CC2)nc1)NCC(C)(C)c1cccs1. The van der Waals surface area contributed by atoms with Crippen LogP contribution in [0.1, 0.15) is 38.1 Å². The molecule has 3 rings (SSSR count). The maximum absolute atomic E-state index is 4.77. The van der Waals surface area contributed by atoms with Crippen LogP contribution in [-0.2, 0) is 12.0 Å². The Balaban J connectivity index is 1.55. The maximum Gasteiger partial charge on any atom is 0.191 e. The second-order valence-electron chi connectivity index (χ2n) is 8.36. The van der Waals surface area contributed by atoms with E-state index in [1.807, 2.05) is 6.20 Å². The molecule has 0 aromatic carbocycles. The van der Waals surface area contributed by atoms with Gasteiger partial charge >= 0.3 is 0 Å². The summed E-state index contributed by atoms with van der Waals surface area (Å²) in [7, 11) is 0. The number of aromatic nitrogens is 1. The fourth-order valence-electron chi connectivity index (χ4n) is 3.56. The quantitative estimate of drug-likeness (QED) is 0.499. The van der Waals surface area contributed by atoms with Gasteiger partial charge in [-0.15, -0.1) is 11.3 Å². The highest BCUT2D eigenvalue weighted by Crippen LogP contribution is 2.26. The number of nitrogens with one attached hydrogen (secondary N) is 2. The van der Waals surface area contributed by atoms with E-state index in [2.05, 4.69) is 77.8 Å². The number of anilines is 1. The molecule has 1 aliphatic rings. The number of likely N-dealkylation sites (N-methyl/N-ethyl adjacent to an activating group) is 1. The van der Waals surface area contributed by atoms with Gasteiger partial charge in [0.25, 0.3) is 0 Å². The molecule has 30 heavy (non-hydrogen) atoms. The molecule has 6 nitrogen and oxygen atoms in total. The number of hydrogen-bond donors (Lipinski definition) is 2. The van der Waals surface area contributed by atoms with Gasteiger partial charge < -0.3 is 20.4 Å². The van der Waals surface area contributed by atoms with E-state index in [-0.39, 0.29) is 5.41 Å². The van der Waals surface area contributed by atoms with Crippen LogP contribution in [-0.4, -0.2) is 61.7 Å². The Hall–Kier alpha value is -2.12. The molecule has 2 aromatic rings. The highest BCUT2D eigenvalue weighted by atomic mass is 32.1. The Labute approximate surface area is 185 Å². The molecule has 1 saturated heterocycles. The fourth-order valence-corrected chi connectivity index (χ4v) is 4.41. The number of guanidine groups is 1. The molecule has 2 aromatic heterocycles. The summed E-state index contributed by atoms with van der Waals surface area (Å²) in [5.41, 5.74) is 1.19. The normalized spacial score (nSPS) is 16.0. The summed E-state index contributed by atoms with van der Waals surface area (Å²) in [6, 6.07) is 8.59. The maximum atomic E-state index is 4.77. The van der Waals surface area contributed by atoms with Crippen LogP contribution in [0.2, 0.25) is 0 Å². The predicted molar refractivity (Wildman–Crippen MR) is 129 cm³/mol. The third-order valence-corrected chi connectivity index (χ3v) is 6.84. The first-order valence-electron chi connectivity index (χ1n) is 11.0. The van der Waals surface area contributed by atoms with Gasteiger partial charge in [0.05, 0.1) is 6.54 Å². The van der Waals surface area contributed by atoms with Gasteiger partial charge in [0, 0.05) is 55.8 Å². The lowest BCUT2D eigenvalue weighted by Gasteiger charge is -2.34. The van der Waals surface area contributed by atoms with Gasteiger partial charge in [0.1, 0.15) is 5.82 Å². The van der Waals surface area contributed by atoms with Gasteiger partial charge in [-0.2, -0.15) is 0 Å². The standard InChI is InChI=1S/C23H36N6S/c1-5-24-22(27-18-23(3,4)20-8-7-15-30-20)26-17-19-9-10-21(25-16-19)29-13-11-28(6-2)12-14-29/h7-10,15-16H,5-6,11-14,17-18H2,1-4H3,(H2,24,26,27). The zero-order valence-corrected chi connectivity index (χ0v) is 19.6. The lowest BCUT2D eigenvalue weighted by atomic mass is 9.91. The minimum Gasteiger partial charge on any atom is -0.357 e. The Morgan fingerprint density at radius 2 is 1.93 bits per heavy atom. The molecule has 164 valence electrons. The van der Waals surface area contributed by atoms with E-state index in [4.69, 9.17) is 9.98 Å². The lowest BCUT2D eigenvalue weighted by Crippen LogP contribution is -2.46. The van der Waals surface area contributed by atoms with Crippen LogP contribution < -0.4 is 15.5 Å². The Morgan fingerprint density at radius 3 is 2.53 bits per heavy atom. The molecule has 0 bridgehead atoms. The average Bonchev–Trinajstić information content (AvgIpc) is 3.32. The number of rotatable bonds is 8. The molecular weight excluding hydrogens is 392 g/mol. The minimum atomic E-state index is 0.0648. The van der Waals surface area contributed by atoms with Crippen LogP contribution in [0.25, 0.3) is 0 Å². The van der Waals surface area contributed by atoms with Gasteiger partial charge in [-0.3, -0.25) is 0 Å². The van der Waals surface area contributed by atoms with E-state index >= 15 is 0 Å². The van der Waals surface area contributed by atoms with Crippen molar-refractivity contribution in [2.45, 2.75) is 39.7 Å². The van der Waals surface area contributed by atoms with E-state index in [9.17, 15) is 0 Å². The van der Waals surface area contributed by atoms with Crippen molar-refractivity contribution >= 4 is 23.1 Å². The highest BCUT2D eigenvalue weighted by Gasteiger charge is 2.22. The van der Waals surface area contributed by atoms with Crippen molar-refractivity contribution < 1.29 is 0 Å². The zero-order valence-electron chi connectivity index (χ0n) is 18.8. The van der Waals surface area contributed by atoms with Crippen LogP contribution >= 0.6 is 11.3 Å². The Morgan fingerprint density at radius 1 is 1.13 bits per heavy atom. The highest BCUT2D eigenvalue weighted by molar-refractivity contribution is 7.10. The molecule has 0 radical (unpaired) electrons. The molecule has 7 heteroatoms. The summed E-state index contributed by atoms with van der Waals surface area (Å²) in [6.45, 7) is 16.6.